The average Bonchev–Trinajstić information content (AvgIpc) is 2.99. The van der Waals surface area contributed by atoms with Crippen molar-refractivity contribution in [1.29, 1.82) is 0 Å². The van der Waals surface area contributed by atoms with Gasteiger partial charge in [-0.3, -0.25) is 19.1 Å². The van der Waals surface area contributed by atoms with Gasteiger partial charge in [-0.1, -0.05) is 0 Å². The fourth-order valence-corrected chi connectivity index (χ4v) is 3.03. The Labute approximate surface area is 126 Å². The summed E-state index contributed by atoms with van der Waals surface area (Å²) in [7, 11) is 0. The minimum absolute atomic E-state index is 0.154. The second-order valence-corrected chi connectivity index (χ2v) is 6.08. The lowest BCUT2D eigenvalue weighted by Crippen LogP contribution is -2.40. The quantitative estimate of drug-likeness (QED) is 0.764. The zero-order valence-corrected chi connectivity index (χ0v) is 12.5. The van der Waals surface area contributed by atoms with Gasteiger partial charge in [0.25, 0.3) is 5.56 Å². The number of esters is 1. The van der Waals surface area contributed by atoms with E-state index in [4.69, 9.17) is 14.2 Å². The van der Waals surface area contributed by atoms with Gasteiger partial charge in [-0.05, 0) is 13.8 Å². The van der Waals surface area contributed by atoms with Crippen molar-refractivity contribution in [1.82, 2.24) is 9.55 Å². The fraction of sp³-hybridized carbons (Fsp3) is 0.643. The maximum Gasteiger partial charge on any atom is 0.328 e. The number of hydrogen-bond acceptors (Lipinski definition) is 6. The highest BCUT2D eigenvalue weighted by Crippen LogP contribution is 2.41. The van der Waals surface area contributed by atoms with Crippen molar-refractivity contribution in [3.63, 3.8) is 0 Å². The van der Waals surface area contributed by atoms with Crippen LogP contribution in [0, 0.1) is 5.92 Å². The van der Waals surface area contributed by atoms with Gasteiger partial charge in [-0.25, -0.2) is 4.79 Å². The Morgan fingerprint density at radius 1 is 1.27 bits per heavy atom. The molecular weight excluding hydrogens is 292 g/mol. The molecule has 2 aliphatic heterocycles. The van der Waals surface area contributed by atoms with Gasteiger partial charge in [0.2, 0.25) is 0 Å². The minimum Gasteiger partial charge on any atom is -0.457 e. The smallest absolute Gasteiger partial charge is 0.328 e. The van der Waals surface area contributed by atoms with E-state index in [1.807, 2.05) is 0 Å². The summed E-state index contributed by atoms with van der Waals surface area (Å²) in [5.74, 6) is -1.92. The molecule has 2 atom stereocenters. The number of nitrogens with one attached hydrogen (secondary N) is 1. The lowest BCUT2D eigenvalue weighted by Gasteiger charge is -2.27. The van der Waals surface area contributed by atoms with E-state index in [-0.39, 0.29) is 6.54 Å². The van der Waals surface area contributed by atoms with Gasteiger partial charge < -0.3 is 14.2 Å². The molecule has 2 aliphatic rings. The molecule has 0 saturated carbocycles. The van der Waals surface area contributed by atoms with Crippen LogP contribution < -0.4 is 11.2 Å². The summed E-state index contributed by atoms with van der Waals surface area (Å²) in [6, 6.07) is 1.25. The number of rotatable bonds is 3. The number of aromatic nitrogens is 2. The normalized spacial score (nSPS) is 30.5. The second kappa shape index (κ2) is 5.06. The molecule has 1 aromatic rings. The Morgan fingerprint density at radius 3 is 2.59 bits per heavy atom. The van der Waals surface area contributed by atoms with Crippen LogP contribution in [0.4, 0.5) is 0 Å². The van der Waals surface area contributed by atoms with Crippen molar-refractivity contribution in [3.8, 4) is 0 Å². The molecule has 0 unspecified atom stereocenters. The van der Waals surface area contributed by atoms with Crippen LogP contribution >= 0.6 is 0 Å². The zero-order chi connectivity index (χ0) is 16.0. The Bertz CT molecular complexity index is 702. The van der Waals surface area contributed by atoms with E-state index < -0.39 is 34.5 Å². The minimum atomic E-state index is -0.981. The Morgan fingerprint density at radius 2 is 1.95 bits per heavy atom. The van der Waals surface area contributed by atoms with E-state index in [2.05, 4.69) is 4.98 Å². The first kappa shape index (κ1) is 15.0. The summed E-state index contributed by atoms with van der Waals surface area (Å²) in [5, 5.41) is 0. The highest BCUT2D eigenvalue weighted by atomic mass is 16.7. The maximum atomic E-state index is 12.2. The van der Waals surface area contributed by atoms with E-state index in [0.717, 1.165) is 0 Å². The molecule has 2 fully saturated rings. The highest BCUT2D eigenvalue weighted by Gasteiger charge is 2.54. The number of ether oxygens (including phenoxy) is 3. The molecule has 0 amide bonds. The number of carbonyl (C=O) groups excluding carboxylic acids is 1. The van der Waals surface area contributed by atoms with Crippen LogP contribution in [0.5, 0.6) is 0 Å². The van der Waals surface area contributed by atoms with Crippen molar-refractivity contribution < 1.29 is 19.0 Å². The lowest BCUT2D eigenvalue weighted by atomic mass is 9.90. The van der Waals surface area contributed by atoms with Crippen LogP contribution in [0.3, 0.4) is 0 Å². The first-order chi connectivity index (χ1) is 10.3. The Hall–Kier alpha value is -1.93. The lowest BCUT2D eigenvalue weighted by molar-refractivity contribution is -0.189. The number of nitrogens with zero attached hydrogens (tertiary/aromatic N) is 1. The van der Waals surface area contributed by atoms with Crippen LogP contribution in [-0.4, -0.2) is 40.1 Å². The van der Waals surface area contributed by atoms with Crippen LogP contribution in [0.15, 0.2) is 21.9 Å². The molecule has 2 saturated heterocycles. The van der Waals surface area contributed by atoms with Crippen molar-refractivity contribution in [2.45, 2.75) is 38.2 Å². The summed E-state index contributed by atoms with van der Waals surface area (Å²) in [5.41, 5.74) is -1.86. The topological polar surface area (TPSA) is 99.6 Å². The van der Waals surface area contributed by atoms with Crippen LogP contribution in [0.2, 0.25) is 0 Å². The molecule has 1 aromatic heterocycles. The summed E-state index contributed by atoms with van der Waals surface area (Å²) in [4.78, 5) is 37.2. The number of aromatic amines is 1. The molecule has 3 rings (SSSR count). The molecule has 1 N–H and O–H groups in total. The second-order valence-electron chi connectivity index (χ2n) is 6.08. The fourth-order valence-electron chi connectivity index (χ4n) is 3.03. The Balaban J connectivity index is 1.81. The molecule has 22 heavy (non-hydrogen) atoms. The summed E-state index contributed by atoms with van der Waals surface area (Å²) < 4.78 is 17.9. The van der Waals surface area contributed by atoms with E-state index in [9.17, 15) is 14.4 Å². The van der Waals surface area contributed by atoms with Gasteiger partial charge in [0.15, 0.2) is 5.79 Å². The SMILES string of the molecule is CC1([C@@H]2C[C@@](C)(Cn3ccc(=O)[nH]c3=O)OC2=O)OCCO1. The third-order valence-corrected chi connectivity index (χ3v) is 4.16. The Kier molecular flexibility index (Phi) is 3.45. The largest absolute Gasteiger partial charge is 0.457 e. The molecule has 0 aliphatic carbocycles. The van der Waals surface area contributed by atoms with Gasteiger partial charge in [-0.15, -0.1) is 0 Å². The first-order valence-corrected chi connectivity index (χ1v) is 7.12. The number of carbonyl (C=O) groups is 1. The van der Waals surface area contributed by atoms with Crippen molar-refractivity contribution in [2.24, 2.45) is 5.92 Å². The van der Waals surface area contributed by atoms with Crippen molar-refractivity contribution >= 4 is 5.97 Å². The number of cyclic esters (lactones) is 1. The predicted octanol–water partition coefficient (Wildman–Crippen LogP) is -0.379. The molecule has 0 bridgehead atoms. The summed E-state index contributed by atoms with van der Waals surface area (Å²) in [6.45, 7) is 4.51. The molecule has 120 valence electrons. The van der Waals surface area contributed by atoms with Gasteiger partial charge >= 0.3 is 11.7 Å². The van der Waals surface area contributed by atoms with Crippen LogP contribution in [-0.2, 0) is 25.5 Å². The zero-order valence-electron chi connectivity index (χ0n) is 12.5. The summed E-state index contributed by atoms with van der Waals surface area (Å²) in [6.07, 6.45) is 1.76. The van der Waals surface area contributed by atoms with Gasteiger partial charge in [0, 0.05) is 18.7 Å². The number of H-pyrrole nitrogens is 1. The van der Waals surface area contributed by atoms with Crippen molar-refractivity contribution in [3.05, 3.63) is 33.1 Å². The number of hydrogen-bond donors (Lipinski definition) is 1. The van der Waals surface area contributed by atoms with E-state index >= 15 is 0 Å². The predicted molar refractivity (Wildman–Crippen MR) is 74.2 cm³/mol. The molecule has 8 heteroatoms. The molecule has 0 spiro atoms. The monoisotopic (exact) mass is 310 g/mol. The highest BCUT2D eigenvalue weighted by molar-refractivity contribution is 5.76. The van der Waals surface area contributed by atoms with Gasteiger partial charge in [0.1, 0.15) is 11.5 Å². The molecule has 3 heterocycles. The average molecular weight is 310 g/mol. The van der Waals surface area contributed by atoms with Gasteiger partial charge in [-0.2, -0.15) is 0 Å². The summed E-state index contributed by atoms with van der Waals surface area (Å²) >= 11 is 0. The third kappa shape index (κ3) is 2.59. The molecule has 0 aromatic carbocycles. The van der Waals surface area contributed by atoms with E-state index in [1.165, 1.54) is 16.8 Å². The molecule has 0 radical (unpaired) electrons. The first-order valence-electron chi connectivity index (χ1n) is 7.12. The van der Waals surface area contributed by atoms with Gasteiger partial charge in [0.05, 0.1) is 19.8 Å². The standard InChI is InChI=1S/C14H18N2O6/c1-13(8-16-4-3-10(17)15-12(16)19)7-9(11(18)22-13)14(2)20-5-6-21-14/h3-4,9H,5-8H2,1-2H3,(H,15,17,19)/t9-,13+/m1/s1. The van der Waals surface area contributed by atoms with E-state index in [1.54, 1.807) is 13.8 Å². The third-order valence-electron chi connectivity index (χ3n) is 4.16. The van der Waals surface area contributed by atoms with Crippen molar-refractivity contribution in [2.75, 3.05) is 13.2 Å². The molecule has 8 nitrogen and oxygen atoms in total. The maximum absolute atomic E-state index is 12.2. The molecular formula is C14H18N2O6. The van der Waals surface area contributed by atoms with E-state index in [0.29, 0.717) is 19.6 Å². The van der Waals surface area contributed by atoms with Crippen LogP contribution in [0.1, 0.15) is 20.3 Å². The van der Waals surface area contributed by atoms with Crippen LogP contribution in [0.25, 0.3) is 0 Å².